The molecule has 1 heterocycles. The van der Waals surface area contributed by atoms with Crippen molar-refractivity contribution in [3.05, 3.63) is 65.7 Å². The average Bonchev–Trinajstić information content (AvgIpc) is 3.20. The molecule has 0 radical (unpaired) electrons. The van der Waals surface area contributed by atoms with Gasteiger partial charge in [0.25, 0.3) is 5.91 Å². The van der Waals surface area contributed by atoms with E-state index in [0.29, 0.717) is 24.2 Å². The lowest BCUT2D eigenvalue weighted by Crippen LogP contribution is -2.38. The van der Waals surface area contributed by atoms with Crippen LogP contribution in [-0.2, 0) is 14.3 Å². The van der Waals surface area contributed by atoms with Gasteiger partial charge < -0.3 is 15.0 Å². The number of amides is 2. The van der Waals surface area contributed by atoms with Crippen molar-refractivity contribution in [1.82, 2.24) is 5.32 Å². The highest BCUT2D eigenvalue weighted by atomic mass is 16.5. The van der Waals surface area contributed by atoms with Gasteiger partial charge in [0.2, 0.25) is 5.91 Å². The van der Waals surface area contributed by atoms with Gasteiger partial charge in [0, 0.05) is 18.7 Å². The number of nitrogens with one attached hydrogen (secondary N) is 1. The Morgan fingerprint density at radius 2 is 1.90 bits per heavy atom. The zero-order valence-electron chi connectivity index (χ0n) is 17.5. The van der Waals surface area contributed by atoms with Gasteiger partial charge in [-0.25, -0.2) is 4.79 Å². The molecule has 1 N–H and O–H groups in total. The third-order valence-electron chi connectivity index (χ3n) is 5.22. The number of anilines is 1. The van der Waals surface area contributed by atoms with Gasteiger partial charge in [-0.05, 0) is 43.5 Å². The minimum atomic E-state index is -0.933. The Kier molecular flexibility index (Phi) is 7.22. The number of esters is 1. The maximum atomic E-state index is 12.6. The highest BCUT2D eigenvalue weighted by molar-refractivity contribution is 5.98. The molecular weight excluding hydrogens is 380 g/mol. The summed E-state index contributed by atoms with van der Waals surface area (Å²) >= 11 is 0. The standard InChI is InChI=1S/C24H28N2O4/c1-3-9-21(18-10-5-4-6-11-18)25-23(28)17(2)30-24(29)19-12-7-13-20(16-19)26-15-8-14-22(26)27/h4-7,10-13,16-17,21H,3,8-9,14-15H2,1-2H3,(H,25,28)/t17-,21+/m0/s1. The van der Waals surface area contributed by atoms with E-state index < -0.39 is 12.1 Å². The van der Waals surface area contributed by atoms with E-state index in [1.807, 2.05) is 30.3 Å². The number of benzene rings is 2. The van der Waals surface area contributed by atoms with Gasteiger partial charge in [0.1, 0.15) is 0 Å². The second kappa shape index (κ2) is 10.1. The first-order chi connectivity index (χ1) is 14.5. The predicted molar refractivity (Wildman–Crippen MR) is 115 cm³/mol. The minimum absolute atomic E-state index is 0.0520. The molecule has 0 aliphatic carbocycles. The van der Waals surface area contributed by atoms with Gasteiger partial charge in [-0.1, -0.05) is 49.7 Å². The summed E-state index contributed by atoms with van der Waals surface area (Å²) < 4.78 is 5.40. The zero-order chi connectivity index (χ0) is 21.5. The topological polar surface area (TPSA) is 75.7 Å². The summed E-state index contributed by atoms with van der Waals surface area (Å²) in [6.07, 6.45) is 2.10. The van der Waals surface area contributed by atoms with Crippen molar-refractivity contribution in [2.45, 2.75) is 51.7 Å². The van der Waals surface area contributed by atoms with E-state index >= 15 is 0 Å². The van der Waals surface area contributed by atoms with Crippen molar-refractivity contribution in [2.24, 2.45) is 0 Å². The Hall–Kier alpha value is -3.15. The molecule has 2 aromatic carbocycles. The van der Waals surface area contributed by atoms with Crippen LogP contribution in [-0.4, -0.2) is 30.4 Å². The molecule has 2 amide bonds. The summed E-state index contributed by atoms with van der Waals surface area (Å²) in [5, 5.41) is 2.98. The van der Waals surface area contributed by atoms with E-state index in [4.69, 9.17) is 4.74 Å². The first-order valence-electron chi connectivity index (χ1n) is 10.5. The summed E-state index contributed by atoms with van der Waals surface area (Å²) in [5.74, 6) is -0.870. The molecule has 158 valence electrons. The van der Waals surface area contributed by atoms with Crippen molar-refractivity contribution in [3.63, 3.8) is 0 Å². The van der Waals surface area contributed by atoms with Crippen LogP contribution < -0.4 is 10.2 Å². The van der Waals surface area contributed by atoms with Crippen LogP contribution in [0.25, 0.3) is 0 Å². The molecule has 30 heavy (non-hydrogen) atoms. The molecule has 1 aliphatic heterocycles. The molecule has 1 saturated heterocycles. The molecule has 0 spiro atoms. The second-order valence-electron chi connectivity index (χ2n) is 7.51. The van der Waals surface area contributed by atoms with Crippen LogP contribution in [0.3, 0.4) is 0 Å². The molecule has 2 aromatic rings. The van der Waals surface area contributed by atoms with Crippen molar-refractivity contribution in [2.75, 3.05) is 11.4 Å². The second-order valence-corrected chi connectivity index (χ2v) is 7.51. The predicted octanol–water partition coefficient (Wildman–Crippen LogP) is 4.02. The lowest BCUT2D eigenvalue weighted by atomic mass is 10.0. The maximum Gasteiger partial charge on any atom is 0.338 e. The lowest BCUT2D eigenvalue weighted by Gasteiger charge is -2.21. The molecule has 6 nitrogen and oxygen atoms in total. The number of hydrogen-bond donors (Lipinski definition) is 1. The SMILES string of the molecule is CCC[C@@H](NC(=O)[C@H](C)OC(=O)c1cccc(N2CCCC2=O)c1)c1ccccc1. The molecule has 0 saturated carbocycles. The number of carbonyl (C=O) groups excluding carboxylic acids is 3. The third-order valence-corrected chi connectivity index (χ3v) is 5.22. The lowest BCUT2D eigenvalue weighted by molar-refractivity contribution is -0.130. The van der Waals surface area contributed by atoms with Crippen LogP contribution in [0.2, 0.25) is 0 Å². The summed E-state index contributed by atoms with van der Waals surface area (Å²) in [6.45, 7) is 4.27. The largest absolute Gasteiger partial charge is 0.449 e. The van der Waals surface area contributed by atoms with Crippen LogP contribution in [0.15, 0.2) is 54.6 Å². The maximum absolute atomic E-state index is 12.6. The molecule has 1 aliphatic rings. The summed E-state index contributed by atoms with van der Waals surface area (Å²) in [4.78, 5) is 38.9. The number of hydrogen-bond acceptors (Lipinski definition) is 4. The van der Waals surface area contributed by atoms with Gasteiger partial charge >= 0.3 is 5.97 Å². The molecular formula is C24H28N2O4. The Morgan fingerprint density at radius 1 is 1.13 bits per heavy atom. The van der Waals surface area contributed by atoms with Crippen molar-refractivity contribution in [1.29, 1.82) is 0 Å². The fraction of sp³-hybridized carbons (Fsp3) is 0.375. The molecule has 0 unspecified atom stereocenters. The van der Waals surface area contributed by atoms with E-state index in [2.05, 4.69) is 12.2 Å². The number of ether oxygens (including phenoxy) is 1. The first kappa shape index (κ1) is 21.6. The van der Waals surface area contributed by atoms with Gasteiger partial charge in [0.05, 0.1) is 11.6 Å². The number of nitrogens with zero attached hydrogens (tertiary/aromatic N) is 1. The van der Waals surface area contributed by atoms with Gasteiger partial charge in [0.15, 0.2) is 6.10 Å². The van der Waals surface area contributed by atoms with Crippen molar-refractivity contribution in [3.8, 4) is 0 Å². The fourth-order valence-electron chi connectivity index (χ4n) is 3.59. The van der Waals surface area contributed by atoms with Crippen LogP contribution in [0.5, 0.6) is 0 Å². The smallest absolute Gasteiger partial charge is 0.338 e. The summed E-state index contributed by atoms with van der Waals surface area (Å²) in [7, 11) is 0. The van der Waals surface area contributed by atoms with E-state index in [1.54, 1.807) is 36.1 Å². The Morgan fingerprint density at radius 3 is 2.57 bits per heavy atom. The number of carbonyl (C=O) groups is 3. The highest BCUT2D eigenvalue weighted by Crippen LogP contribution is 2.23. The van der Waals surface area contributed by atoms with Crippen LogP contribution >= 0.6 is 0 Å². The molecule has 0 aromatic heterocycles. The van der Waals surface area contributed by atoms with E-state index in [1.165, 1.54) is 0 Å². The van der Waals surface area contributed by atoms with E-state index in [0.717, 1.165) is 24.8 Å². The molecule has 2 atom stereocenters. The monoisotopic (exact) mass is 408 g/mol. The van der Waals surface area contributed by atoms with E-state index in [9.17, 15) is 14.4 Å². The molecule has 6 heteroatoms. The summed E-state index contributed by atoms with van der Waals surface area (Å²) in [5.41, 5.74) is 2.02. The zero-order valence-corrected chi connectivity index (χ0v) is 17.5. The average molecular weight is 408 g/mol. The third kappa shape index (κ3) is 5.26. The van der Waals surface area contributed by atoms with Crippen molar-refractivity contribution < 1.29 is 19.1 Å². The molecule has 1 fully saturated rings. The Labute approximate surface area is 177 Å². The molecule has 0 bridgehead atoms. The Balaban J connectivity index is 1.63. The van der Waals surface area contributed by atoms with Gasteiger partial charge in [-0.3, -0.25) is 9.59 Å². The van der Waals surface area contributed by atoms with Gasteiger partial charge in [-0.15, -0.1) is 0 Å². The summed E-state index contributed by atoms with van der Waals surface area (Å²) in [6, 6.07) is 16.4. The Bertz CT molecular complexity index is 897. The number of rotatable bonds is 8. The normalized spacial score (nSPS) is 15.5. The fourth-order valence-corrected chi connectivity index (χ4v) is 3.59. The van der Waals surface area contributed by atoms with Gasteiger partial charge in [-0.2, -0.15) is 0 Å². The quantitative estimate of drug-likeness (QED) is 0.670. The van der Waals surface area contributed by atoms with Crippen LogP contribution in [0, 0.1) is 0 Å². The van der Waals surface area contributed by atoms with Crippen molar-refractivity contribution >= 4 is 23.5 Å². The minimum Gasteiger partial charge on any atom is -0.449 e. The van der Waals surface area contributed by atoms with E-state index in [-0.39, 0.29) is 17.9 Å². The molecule has 3 rings (SSSR count). The van der Waals surface area contributed by atoms with Crippen LogP contribution in [0.1, 0.15) is 61.5 Å². The van der Waals surface area contributed by atoms with Crippen LogP contribution in [0.4, 0.5) is 5.69 Å². The first-order valence-corrected chi connectivity index (χ1v) is 10.5. The highest BCUT2D eigenvalue weighted by Gasteiger charge is 2.25.